The van der Waals surface area contributed by atoms with E-state index in [1.807, 2.05) is 84.9 Å². The van der Waals surface area contributed by atoms with Crippen molar-refractivity contribution in [3.8, 4) is 11.5 Å². The first kappa shape index (κ1) is 52.1. The van der Waals surface area contributed by atoms with Gasteiger partial charge in [0.15, 0.2) is 22.7 Å². The summed E-state index contributed by atoms with van der Waals surface area (Å²) in [6.07, 6.45) is 7.83. The minimum atomic E-state index is -5.97. The van der Waals surface area contributed by atoms with E-state index in [4.69, 9.17) is 14.5 Å². The topological polar surface area (TPSA) is 247 Å². The largest absolute Gasteiger partial charge is 0.534 e. The lowest BCUT2D eigenvalue weighted by molar-refractivity contribution is -0.0499. The van der Waals surface area contributed by atoms with Gasteiger partial charge in [0.05, 0.1) is 27.9 Å². The number of anilines is 1. The molecule has 382 valence electrons. The zero-order valence-electron chi connectivity index (χ0n) is 38.6. The van der Waals surface area contributed by atoms with Gasteiger partial charge < -0.3 is 29.1 Å². The summed E-state index contributed by atoms with van der Waals surface area (Å²) in [5.41, 5.74) is -2.61. The SMILES string of the molecule is O=c1cc(NCc2ccc(Br)cc2)c2cncnc2n1OCc1ccccc1.O=c1cc(O)c2cncnc2n1OCc1ccccc1.O=c1cc(OS(=O)(=O)C(F)(F)F)c2cncnc2n1OCc1ccccc1. The van der Waals surface area contributed by atoms with Gasteiger partial charge in [-0.05, 0) is 34.4 Å². The van der Waals surface area contributed by atoms with Crippen LogP contribution >= 0.6 is 15.9 Å². The van der Waals surface area contributed by atoms with Crippen LogP contribution in [0.3, 0.4) is 0 Å². The van der Waals surface area contributed by atoms with E-state index in [0.717, 1.165) is 49.2 Å². The maximum Gasteiger partial charge on any atom is 0.534 e. The molecule has 25 heteroatoms. The van der Waals surface area contributed by atoms with Gasteiger partial charge in [-0.15, -0.1) is 14.2 Å². The number of fused-ring (bicyclic) bond motifs is 3. The van der Waals surface area contributed by atoms with Crippen molar-refractivity contribution >= 4 is 64.8 Å². The highest BCUT2D eigenvalue weighted by Gasteiger charge is 2.49. The molecule has 0 saturated carbocycles. The highest BCUT2D eigenvalue weighted by molar-refractivity contribution is 9.10. The molecule has 6 aromatic heterocycles. The Hall–Kier alpha value is -9.23. The third-order valence-electron chi connectivity index (χ3n) is 10.4. The molecule has 0 bridgehead atoms. The summed E-state index contributed by atoms with van der Waals surface area (Å²) in [6, 6.07) is 39.0. The molecule has 0 aliphatic rings. The van der Waals surface area contributed by atoms with Crippen LogP contribution < -0.4 is 40.7 Å². The third kappa shape index (κ3) is 13.1. The Bertz CT molecular complexity index is 3880. The molecule has 10 rings (SSSR count). The van der Waals surface area contributed by atoms with Crippen molar-refractivity contribution < 1.29 is 45.4 Å². The summed E-state index contributed by atoms with van der Waals surface area (Å²) in [5, 5.41) is 13.8. The van der Waals surface area contributed by atoms with Gasteiger partial charge in [0, 0.05) is 41.7 Å². The number of pyridine rings is 3. The molecule has 0 amide bonds. The molecule has 0 spiro atoms. The van der Waals surface area contributed by atoms with Crippen molar-refractivity contribution in [1.29, 1.82) is 0 Å². The van der Waals surface area contributed by atoms with Crippen LogP contribution in [0.15, 0.2) is 190 Å². The number of alkyl halides is 3. The van der Waals surface area contributed by atoms with E-state index < -0.39 is 32.5 Å². The zero-order valence-corrected chi connectivity index (χ0v) is 41.0. The molecule has 6 heterocycles. The third-order valence-corrected chi connectivity index (χ3v) is 11.8. The second kappa shape index (κ2) is 23.5. The predicted octanol–water partition coefficient (Wildman–Crippen LogP) is 6.57. The summed E-state index contributed by atoms with van der Waals surface area (Å²) in [4.78, 5) is 77.0. The highest BCUT2D eigenvalue weighted by Crippen LogP contribution is 2.30. The molecule has 2 N–H and O–H groups in total. The van der Waals surface area contributed by atoms with E-state index in [9.17, 15) is 41.1 Å². The predicted molar refractivity (Wildman–Crippen MR) is 270 cm³/mol. The molecule has 0 fully saturated rings. The Morgan fingerprint density at radius 1 is 0.547 bits per heavy atom. The average molecular weight is 1110 g/mol. The second-order valence-corrected chi connectivity index (χ2v) is 18.0. The summed E-state index contributed by atoms with van der Waals surface area (Å²) in [6.45, 7) is 1.03. The van der Waals surface area contributed by atoms with Crippen molar-refractivity contribution in [2.45, 2.75) is 31.9 Å². The van der Waals surface area contributed by atoms with Crippen molar-refractivity contribution in [2.75, 3.05) is 5.32 Å². The number of hydrogen-bond donors (Lipinski definition) is 2. The maximum atomic E-state index is 12.7. The summed E-state index contributed by atoms with van der Waals surface area (Å²) in [5.74, 6) is -1.02. The van der Waals surface area contributed by atoms with Crippen LogP contribution in [0.1, 0.15) is 22.3 Å². The number of nitrogens with zero attached hydrogens (tertiary/aromatic N) is 9. The standard InChI is InChI=1S/C21H17BrN4O2.C15H10F3N3O5S.C14H11N3O3/c22-17-8-6-15(7-9-17)11-24-19-10-20(27)26(21-18(19)12-23-14-25-21)28-13-16-4-2-1-3-5-16;16-15(17,18)27(23,24)26-12-6-13(22)21(14-11(12)7-19-9-20-14)25-8-10-4-2-1-3-5-10;18-12-6-13(19)17(14-11(12)7-15-9-16-14)20-8-10-4-2-1-3-5-10/h1-10,12,14,24H,11,13H2;1-7,9H,8H2;1-7,9,18H,8H2. The first-order valence-electron chi connectivity index (χ1n) is 21.9. The normalized spacial score (nSPS) is 11.2. The van der Waals surface area contributed by atoms with Gasteiger partial charge >= 0.3 is 15.6 Å². The van der Waals surface area contributed by atoms with Crippen LogP contribution in [-0.2, 0) is 36.5 Å². The maximum absolute atomic E-state index is 12.7. The summed E-state index contributed by atoms with van der Waals surface area (Å²) >= 11 is 3.43. The Morgan fingerprint density at radius 3 is 1.44 bits per heavy atom. The molecule has 0 aliphatic heterocycles. The molecule has 0 radical (unpaired) electrons. The molecular weight excluding hydrogens is 1070 g/mol. The van der Waals surface area contributed by atoms with Crippen molar-refractivity contribution in [3.63, 3.8) is 0 Å². The van der Waals surface area contributed by atoms with Crippen molar-refractivity contribution in [3.05, 3.63) is 229 Å². The number of halogens is 4. The minimum absolute atomic E-state index is 0.0408. The second-order valence-electron chi connectivity index (χ2n) is 15.5. The van der Waals surface area contributed by atoms with E-state index in [2.05, 4.69) is 55.3 Å². The fourth-order valence-corrected chi connectivity index (χ4v) is 7.50. The average Bonchev–Trinajstić information content (AvgIpc) is 3.41. The molecule has 0 atom stereocenters. The Labute approximate surface area is 430 Å². The van der Waals surface area contributed by atoms with Crippen LogP contribution in [0.4, 0.5) is 18.9 Å². The van der Waals surface area contributed by atoms with Crippen LogP contribution in [0, 0.1) is 0 Å². The monoisotopic (exact) mass is 1110 g/mol. The smallest absolute Gasteiger partial charge is 0.507 e. The van der Waals surface area contributed by atoms with Gasteiger partial charge in [0.25, 0.3) is 16.7 Å². The van der Waals surface area contributed by atoms with Gasteiger partial charge in [0.1, 0.15) is 44.6 Å². The van der Waals surface area contributed by atoms with Gasteiger partial charge in [-0.3, -0.25) is 14.4 Å². The Balaban J connectivity index is 0.000000152. The molecule has 20 nitrogen and oxygen atoms in total. The summed E-state index contributed by atoms with van der Waals surface area (Å²) < 4.78 is 68.2. The van der Waals surface area contributed by atoms with E-state index in [1.165, 1.54) is 29.6 Å². The van der Waals surface area contributed by atoms with E-state index >= 15 is 0 Å². The number of benzene rings is 4. The number of aromatic hydroxyl groups is 1. The van der Waals surface area contributed by atoms with Crippen LogP contribution in [0.5, 0.6) is 11.5 Å². The molecule has 0 unspecified atom stereocenters. The molecule has 0 saturated heterocycles. The molecule has 0 aliphatic carbocycles. The van der Waals surface area contributed by atoms with Gasteiger partial charge in [0.2, 0.25) is 0 Å². The lowest BCUT2D eigenvalue weighted by Gasteiger charge is -2.14. The zero-order chi connectivity index (χ0) is 53.0. The fraction of sp³-hybridized carbons (Fsp3) is 0.100. The quantitative estimate of drug-likeness (QED) is 0.0863. The number of rotatable bonds is 14. The molecule has 4 aromatic carbocycles. The van der Waals surface area contributed by atoms with Gasteiger partial charge in [-0.25, -0.2) is 29.9 Å². The first-order chi connectivity index (χ1) is 36.1. The molecular formula is C50H38BrF3N10O10S. The van der Waals surface area contributed by atoms with Crippen LogP contribution in [-0.4, -0.2) is 63.1 Å². The number of hydrogen-bond acceptors (Lipinski definition) is 17. The molecule has 75 heavy (non-hydrogen) atoms. The number of aromatic nitrogens is 9. The van der Waals surface area contributed by atoms with Gasteiger partial charge in [-0.2, -0.15) is 21.6 Å². The van der Waals surface area contributed by atoms with E-state index in [0.29, 0.717) is 40.3 Å². The van der Waals surface area contributed by atoms with E-state index in [-0.39, 0.29) is 47.8 Å². The lowest BCUT2D eigenvalue weighted by atomic mass is 10.2. The van der Waals surface area contributed by atoms with Crippen LogP contribution in [0.25, 0.3) is 33.1 Å². The summed E-state index contributed by atoms with van der Waals surface area (Å²) in [7, 11) is -5.97. The first-order valence-corrected chi connectivity index (χ1v) is 24.1. The fourth-order valence-electron chi connectivity index (χ4n) is 6.77. The van der Waals surface area contributed by atoms with Crippen LogP contribution in [0.2, 0.25) is 0 Å². The van der Waals surface area contributed by atoms with E-state index in [1.54, 1.807) is 36.5 Å². The number of nitrogens with one attached hydrogen (secondary N) is 1. The Morgan fingerprint density at radius 2 is 0.960 bits per heavy atom. The highest BCUT2D eigenvalue weighted by atomic mass is 79.9. The lowest BCUT2D eigenvalue weighted by Crippen LogP contribution is -2.31. The molecule has 10 aromatic rings. The van der Waals surface area contributed by atoms with Gasteiger partial charge in [-0.1, -0.05) is 119 Å². The van der Waals surface area contributed by atoms with Crippen molar-refractivity contribution in [2.24, 2.45) is 0 Å². The van der Waals surface area contributed by atoms with Crippen molar-refractivity contribution in [1.82, 2.24) is 44.1 Å². The minimum Gasteiger partial charge on any atom is -0.507 e. The Kier molecular flexibility index (Phi) is 16.4.